The lowest BCUT2D eigenvalue weighted by Gasteiger charge is -2.34. The highest BCUT2D eigenvalue weighted by Gasteiger charge is 2.25. The second kappa shape index (κ2) is 23.2. The Bertz CT molecular complexity index is 618. The van der Waals surface area contributed by atoms with E-state index in [1.54, 1.807) is 21.1 Å². The molecular formula is C30H57NO7. The van der Waals surface area contributed by atoms with Gasteiger partial charge in [0.2, 0.25) is 0 Å². The lowest BCUT2D eigenvalue weighted by atomic mass is 10.1. The molecule has 0 saturated heterocycles. The summed E-state index contributed by atoms with van der Waals surface area (Å²) in [6.45, 7) is 4.54. The highest BCUT2D eigenvalue weighted by molar-refractivity contribution is 5.70. The molecule has 0 rings (SSSR count). The zero-order valence-electron chi connectivity index (χ0n) is 25.1. The Morgan fingerprint density at radius 2 is 1.16 bits per heavy atom. The normalized spacial score (nSPS) is 13.2. The Morgan fingerprint density at radius 1 is 0.684 bits per heavy atom. The van der Waals surface area contributed by atoms with Gasteiger partial charge in [-0.05, 0) is 12.8 Å². The monoisotopic (exact) mass is 543 g/mol. The smallest absolute Gasteiger partial charge is 0.306 e. The van der Waals surface area contributed by atoms with Crippen molar-refractivity contribution in [3.8, 4) is 0 Å². The number of hydrogen-bond acceptors (Lipinski definition) is 7. The second-order valence-electron chi connectivity index (χ2n) is 11.4. The maximum atomic E-state index is 12.4. The molecule has 0 aliphatic rings. The number of esters is 2. The summed E-state index contributed by atoms with van der Waals surface area (Å²) in [5, 5.41) is 11.5. The fourth-order valence-corrected chi connectivity index (χ4v) is 4.30. The third-order valence-corrected chi connectivity index (χ3v) is 6.74. The standard InChI is InChI=1S/C30H57NO7/c1-6-8-10-12-14-15-17-19-21-29(33)38-26(24-36-23-22-27(30(34)35)31(3,4)5)25-37-28(32)20-18-16-13-11-9-7-2/h26-27H,6-25H2,1-5H3. The number of likely N-dealkylation sites (N-methyl/N-ethyl adjacent to an activating group) is 1. The van der Waals surface area contributed by atoms with Crippen molar-refractivity contribution >= 4 is 17.9 Å². The van der Waals surface area contributed by atoms with Gasteiger partial charge in [-0.25, -0.2) is 0 Å². The molecule has 0 saturated carbocycles. The number of unbranched alkanes of at least 4 members (excludes halogenated alkanes) is 12. The molecule has 0 bridgehead atoms. The van der Waals surface area contributed by atoms with Crippen molar-refractivity contribution < 1.29 is 38.2 Å². The number of carbonyl (C=O) groups is 3. The number of carboxylic acids is 1. The molecule has 0 N–H and O–H groups in total. The van der Waals surface area contributed by atoms with Gasteiger partial charge in [0.05, 0.1) is 40.3 Å². The van der Waals surface area contributed by atoms with E-state index in [9.17, 15) is 19.5 Å². The van der Waals surface area contributed by atoms with Crippen molar-refractivity contribution in [2.75, 3.05) is 41.0 Å². The zero-order valence-corrected chi connectivity index (χ0v) is 25.1. The van der Waals surface area contributed by atoms with E-state index < -0.39 is 18.1 Å². The topological polar surface area (TPSA) is 102 Å². The molecule has 2 unspecified atom stereocenters. The Kier molecular flexibility index (Phi) is 22.2. The van der Waals surface area contributed by atoms with E-state index in [-0.39, 0.29) is 42.7 Å². The van der Waals surface area contributed by atoms with E-state index in [4.69, 9.17) is 14.2 Å². The van der Waals surface area contributed by atoms with Crippen LogP contribution >= 0.6 is 0 Å². The molecule has 0 aromatic rings. The SMILES string of the molecule is CCCCCCCCCCC(=O)OC(COCCC(C(=O)[O-])[N+](C)(C)C)COC(=O)CCCCCCCC. The zero-order chi connectivity index (χ0) is 28.7. The molecule has 2 atom stereocenters. The molecule has 0 aliphatic heterocycles. The van der Waals surface area contributed by atoms with Crippen LogP contribution in [0.1, 0.15) is 123 Å². The Labute approximate surface area is 232 Å². The molecule has 0 radical (unpaired) electrons. The van der Waals surface area contributed by atoms with E-state index in [0.717, 1.165) is 38.5 Å². The first-order chi connectivity index (χ1) is 18.1. The molecule has 0 aromatic heterocycles. The molecule has 0 aliphatic carbocycles. The van der Waals surface area contributed by atoms with Gasteiger partial charge in [0, 0.05) is 19.3 Å². The lowest BCUT2D eigenvalue weighted by molar-refractivity contribution is -0.889. The first kappa shape index (κ1) is 36.3. The maximum Gasteiger partial charge on any atom is 0.306 e. The lowest BCUT2D eigenvalue weighted by Crippen LogP contribution is -2.55. The number of quaternary nitrogens is 1. The summed E-state index contributed by atoms with van der Waals surface area (Å²) in [5.41, 5.74) is 0. The number of nitrogens with zero attached hydrogens (tertiary/aromatic N) is 1. The van der Waals surface area contributed by atoms with Gasteiger partial charge in [0.15, 0.2) is 6.10 Å². The third kappa shape index (κ3) is 21.3. The quantitative estimate of drug-likeness (QED) is 0.0864. The number of carboxylic acid groups (broad SMARTS) is 1. The summed E-state index contributed by atoms with van der Waals surface area (Å²) < 4.78 is 16.9. The van der Waals surface area contributed by atoms with Crippen LogP contribution in [-0.2, 0) is 28.6 Å². The second-order valence-corrected chi connectivity index (χ2v) is 11.4. The molecule has 8 nitrogen and oxygen atoms in total. The maximum absolute atomic E-state index is 12.4. The average Bonchev–Trinajstić information content (AvgIpc) is 2.84. The summed E-state index contributed by atoms with van der Waals surface area (Å²) in [4.78, 5) is 36.1. The third-order valence-electron chi connectivity index (χ3n) is 6.74. The molecular weight excluding hydrogens is 486 g/mol. The number of rotatable bonds is 26. The Hall–Kier alpha value is -1.67. The van der Waals surface area contributed by atoms with Gasteiger partial charge in [0.25, 0.3) is 0 Å². The summed E-state index contributed by atoms with van der Waals surface area (Å²) in [7, 11) is 5.37. The van der Waals surface area contributed by atoms with Crippen LogP contribution in [0.3, 0.4) is 0 Å². The summed E-state index contributed by atoms with van der Waals surface area (Å²) >= 11 is 0. The van der Waals surface area contributed by atoms with Gasteiger partial charge in [-0.2, -0.15) is 0 Å². The van der Waals surface area contributed by atoms with Crippen LogP contribution in [0.15, 0.2) is 0 Å². The molecule has 0 amide bonds. The van der Waals surface area contributed by atoms with E-state index in [0.29, 0.717) is 12.8 Å². The summed E-state index contributed by atoms with van der Waals surface area (Å²) in [6.07, 6.45) is 15.8. The van der Waals surface area contributed by atoms with Gasteiger partial charge in [-0.15, -0.1) is 0 Å². The first-order valence-corrected chi connectivity index (χ1v) is 15.1. The van der Waals surface area contributed by atoms with E-state index in [2.05, 4.69) is 13.8 Å². The number of aliphatic carboxylic acids is 1. The van der Waals surface area contributed by atoms with Crippen LogP contribution in [0.4, 0.5) is 0 Å². The van der Waals surface area contributed by atoms with Gasteiger partial charge >= 0.3 is 11.9 Å². The Morgan fingerprint density at radius 3 is 1.63 bits per heavy atom. The molecule has 8 heteroatoms. The highest BCUT2D eigenvalue weighted by Crippen LogP contribution is 2.12. The van der Waals surface area contributed by atoms with Gasteiger partial charge in [-0.1, -0.05) is 90.9 Å². The van der Waals surface area contributed by atoms with E-state index >= 15 is 0 Å². The predicted octanol–water partition coefficient (Wildman–Crippen LogP) is 4.95. The minimum Gasteiger partial charge on any atom is -0.544 e. The van der Waals surface area contributed by atoms with Crippen molar-refractivity contribution in [3.63, 3.8) is 0 Å². The Balaban J connectivity index is 4.53. The number of hydrogen-bond donors (Lipinski definition) is 0. The highest BCUT2D eigenvalue weighted by atomic mass is 16.6. The molecule has 0 aromatic carbocycles. The molecule has 224 valence electrons. The van der Waals surface area contributed by atoms with Crippen LogP contribution in [0, 0.1) is 0 Å². The van der Waals surface area contributed by atoms with Crippen molar-refractivity contribution in [1.29, 1.82) is 0 Å². The minimum absolute atomic E-state index is 0.0460. The number of carbonyl (C=O) groups excluding carboxylic acids is 3. The van der Waals surface area contributed by atoms with E-state index in [1.165, 1.54) is 51.4 Å². The van der Waals surface area contributed by atoms with Crippen LogP contribution < -0.4 is 5.11 Å². The summed E-state index contributed by atoms with van der Waals surface area (Å²) in [5.74, 6) is -1.75. The first-order valence-electron chi connectivity index (χ1n) is 15.1. The number of ether oxygens (including phenoxy) is 3. The molecule has 38 heavy (non-hydrogen) atoms. The molecule has 0 heterocycles. The van der Waals surface area contributed by atoms with Crippen LogP contribution in [0.5, 0.6) is 0 Å². The van der Waals surface area contributed by atoms with Crippen molar-refractivity contribution in [3.05, 3.63) is 0 Å². The molecule has 0 fully saturated rings. The van der Waals surface area contributed by atoms with Gasteiger partial charge in [-0.3, -0.25) is 9.59 Å². The van der Waals surface area contributed by atoms with Gasteiger partial charge < -0.3 is 28.6 Å². The van der Waals surface area contributed by atoms with Gasteiger partial charge in [0.1, 0.15) is 12.6 Å². The van der Waals surface area contributed by atoms with E-state index in [1.807, 2.05) is 0 Å². The van der Waals surface area contributed by atoms with Crippen molar-refractivity contribution in [2.45, 2.75) is 135 Å². The van der Waals surface area contributed by atoms with Crippen LogP contribution in [0.25, 0.3) is 0 Å². The summed E-state index contributed by atoms with van der Waals surface area (Å²) in [6, 6.07) is -0.715. The van der Waals surface area contributed by atoms with Crippen molar-refractivity contribution in [1.82, 2.24) is 0 Å². The largest absolute Gasteiger partial charge is 0.544 e. The van der Waals surface area contributed by atoms with Crippen LogP contribution in [0.2, 0.25) is 0 Å². The predicted molar refractivity (Wildman–Crippen MR) is 148 cm³/mol. The van der Waals surface area contributed by atoms with Crippen LogP contribution in [-0.4, -0.2) is 75.5 Å². The fraction of sp³-hybridized carbons (Fsp3) is 0.900. The minimum atomic E-state index is -1.13. The average molecular weight is 544 g/mol. The molecule has 0 spiro atoms. The van der Waals surface area contributed by atoms with Crippen molar-refractivity contribution in [2.24, 2.45) is 0 Å². The fourth-order valence-electron chi connectivity index (χ4n) is 4.30.